The minimum absolute atomic E-state index is 0.430. The van der Waals surface area contributed by atoms with E-state index in [9.17, 15) is 5.11 Å². The number of aliphatic hydroxyl groups excluding tert-OH is 1. The summed E-state index contributed by atoms with van der Waals surface area (Å²) in [6.07, 6.45) is 2.19. The third-order valence-corrected chi connectivity index (χ3v) is 2.65. The van der Waals surface area contributed by atoms with Gasteiger partial charge in [-0.15, -0.1) is 0 Å². The molecule has 2 rings (SSSR count). The van der Waals surface area contributed by atoms with E-state index in [2.05, 4.69) is 5.10 Å². The standard InChI is InChI=1S/C13H16N2O/c1-3-13(16)11-6-4-5-7-12(11)15-9-8-10(2)14-15/h4-9,13,16H,3H2,1-2H3. The van der Waals surface area contributed by atoms with E-state index in [0.717, 1.165) is 16.9 Å². The summed E-state index contributed by atoms with van der Waals surface area (Å²) in [5.41, 5.74) is 2.85. The molecule has 1 unspecified atom stereocenters. The Morgan fingerprint density at radius 1 is 1.31 bits per heavy atom. The predicted octanol–water partition coefficient (Wildman–Crippen LogP) is 2.62. The first-order chi connectivity index (χ1) is 7.72. The summed E-state index contributed by atoms with van der Waals surface area (Å²) in [7, 11) is 0. The summed E-state index contributed by atoms with van der Waals surface area (Å²) in [6, 6.07) is 9.77. The predicted molar refractivity (Wildman–Crippen MR) is 63.6 cm³/mol. The molecule has 1 aromatic carbocycles. The molecule has 1 atom stereocenters. The molecule has 16 heavy (non-hydrogen) atoms. The van der Waals surface area contributed by atoms with Crippen LogP contribution >= 0.6 is 0 Å². The van der Waals surface area contributed by atoms with Gasteiger partial charge in [-0.2, -0.15) is 5.10 Å². The second kappa shape index (κ2) is 4.49. The molecule has 1 aromatic heterocycles. The molecule has 0 bridgehead atoms. The highest BCUT2D eigenvalue weighted by Crippen LogP contribution is 2.23. The molecule has 3 nitrogen and oxygen atoms in total. The van der Waals surface area contributed by atoms with Crippen LogP contribution in [0.5, 0.6) is 0 Å². The maximum atomic E-state index is 9.94. The number of benzene rings is 1. The Kier molecular flexibility index (Phi) is 3.06. The van der Waals surface area contributed by atoms with Crippen LogP contribution in [0, 0.1) is 6.92 Å². The van der Waals surface area contributed by atoms with Crippen molar-refractivity contribution in [3.8, 4) is 5.69 Å². The quantitative estimate of drug-likeness (QED) is 0.856. The van der Waals surface area contributed by atoms with Crippen molar-refractivity contribution in [2.75, 3.05) is 0 Å². The van der Waals surface area contributed by atoms with Gasteiger partial charge in [-0.1, -0.05) is 25.1 Å². The molecule has 1 N–H and O–H groups in total. The lowest BCUT2D eigenvalue weighted by Gasteiger charge is -2.13. The van der Waals surface area contributed by atoms with Gasteiger partial charge in [0.15, 0.2) is 0 Å². The Bertz CT molecular complexity index is 476. The molecule has 0 fully saturated rings. The maximum Gasteiger partial charge on any atom is 0.0808 e. The zero-order valence-corrected chi connectivity index (χ0v) is 9.59. The average molecular weight is 216 g/mol. The molecule has 1 heterocycles. The second-order valence-electron chi connectivity index (χ2n) is 3.88. The number of para-hydroxylation sites is 1. The topological polar surface area (TPSA) is 38.0 Å². The van der Waals surface area contributed by atoms with Gasteiger partial charge < -0.3 is 5.11 Å². The zero-order valence-electron chi connectivity index (χ0n) is 9.59. The van der Waals surface area contributed by atoms with Gasteiger partial charge in [-0.05, 0) is 25.5 Å². The van der Waals surface area contributed by atoms with Crippen LogP contribution in [-0.2, 0) is 0 Å². The Balaban J connectivity index is 2.48. The third-order valence-electron chi connectivity index (χ3n) is 2.65. The van der Waals surface area contributed by atoms with Crippen LogP contribution in [-0.4, -0.2) is 14.9 Å². The smallest absolute Gasteiger partial charge is 0.0808 e. The van der Waals surface area contributed by atoms with Crippen molar-refractivity contribution < 1.29 is 5.11 Å². The van der Waals surface area contributed by atoms with Crippen LogP contribution in [0.2, 0.25) is 0 Å². The van der Waals surface area contributed by atoms with E-state index in [-0.39, 0.29) is 0 Å². The summed E-state index contributed by atoms with van der Waals surface area (Å²) in [5, 5.41) is 14.3. The van der Waals surface area contributed by atoms with Crippen molar-refractivity contribution in [2.24, 2.45) is 0 Å². The van der Waals surface area contributed by atoms with Crippen LogP contribution in [0.4, 0.5) is 0 Å². The van der Waals surface area contributed by atoms with Crippen molar-refractivity contribution in [1.82, 2.24) is 9.78 Å². The summed E-state index contributed by atoms with van der Waals surface area (Å²) in [5.74, 6) is 0. The van der Waals surface area contributed by atoms with Crippen molar-refractivity contribution in [1.29, 1.82) is 0 Å². The zero-order chi connectivity index (χ0) is 11.5. The highest BCUT2D eigenvalue weighted by atomic mass is 16.3. The summed E-state index contributed by atoms with van der Waals surface area (Å²) < 4.78 is 1.81. The first-order valence-corrected chi connectivity index (χ1v) is 5.52. The maximum absolute atomic E-state index is 9.94. The average Bonchev–Trinajstić information content (AvgIpc) is 2.75. The van der Waals surface area contributed by atoms with Crippen molar-refractivity contribution in [3.63, 3.8) is 0 Å². The van der Waals surface area contributed by atoms with Gasteiger partial charge in [0.05, 0.1) is 17.5 Å². The number of hydrogen-bond donors (Lipinski definition) is 1. The molecule has 0 radical (unpaired) electrons. The molecule has 0 aliphatic heterocycles. The van der Waals surface area contributed by atoms with E-state index >= 15 is 0 Å². The fraction of sp³-hybridized carbons (Fsp3) is 0.308. The van der Waals surface area contributed by atoms with E-state index in [4.69, 9.17) is 0 Å². The van der Waals surface area contributed by atoms with Crippen LogP contribution < -0.4 is 0 Å². The molecule has 0 aliphatic carbocycles. The van der Waals surface area contributed by atoms with Gasteiger partial charge in [0.25, 0.3) is 0 Å². The molecule has 0 saturated carbocycles. The first-order valence-electron chi connectivity index (χ1n) is 5.52. The van der Waals surface area contributed by atoms with Crippen molar-refractivity contribution in [3.05, 3.63) is 47.8 Å². The lowest BCUT2D eigenvalue weighted by molar-refractivity contribution is 0.173. The van der Waals surface area contributed by atoms with Gasteiger partial charge >= 0.3 is 0 Å². The lowest BCUT2D eigenvalue weighted by Crippen LogP contribution is -2.04. The van der Waals surface area contributed by atoms with Gasteiger partial charge in [-0.3, -0.25) is 0 Å². The Morgan fingerprint density at radius 2 is 2.06 bits per heavy atom. The van der Waals surface area contributed by atoms with Gasteiger partial charge in [-0.25, -0.2) is 4.68 Å². The second-order valence-corrected chi connectivity index (χ2v) is 3.88. The van der Waals surface area contributed by atoms with E-state index < -0.39 is 6.10 Å². The third kappa shape index (κ3) is 1.99. The summed E-state index contributed by atoms with van der Waals surface area (Å²) >= 11 is 0. The van der Waals surface area contributed by atoms with E-state index in [1.54, 1.807) is 0 Å². The molecule has 0 saturated heterocycles. The fourth-order valence-corrected chi connectivity index (χ4v) is 1.75. The number of aryl methyl sites for hydroxylation is 1. The molecular weight excluding hydrogens is 200 g/mol. The number of aromatic nitrogens is 2. The van der Waals surface area contributed by atoms with E-state index in [1.807, 2.05) is 55.1 Å². The molecule has 0 aliphatic rings. The SMILES string of the molecule is CCC(O)c1ccccc1-n1ccc(C)n1. The number of nitrogens with zero attached hydrogens (tertiary/aromatic N) is 2. The highest BCUT2D eigenvalue weighted by molar-refractivity contribution is 5.41. The van der Waals surface area contributed by atoms with Gasteiger partial charge in [0.2, 0.25) is 0 Å². The monoisotopic (exact) mass is 216 g/mol. The molecular formula is C13H16N2O. The molecule has 0 spiro atoms. The van der Waals surface area contributed by atoms with E-state index in [0.29, 0.717) is 6.42 Å². The minimum atomic E-state index is -0.430. The Morgan fingerprint density at radius 3 is 2.69 bits per heavy atom. The van der Waals surface area contributed by atoms with Crippen LogP contribution in [0.25, 0.3) is 5.69 Å². The van der Waals surface area contributed by atoms with Crippen molar-refractivity contribution in [2.45, 2.75) is 26.4 Å². The van der Waals surface area contributed by atoms with Crippen molar-refractivity contribution >= 4 is 0 Å². The number of aliphatic hydroxyl groups is 1. The Labute approximate surface area is 95.3 Å². The molecule has 84 valence electrons. The van der Waals surface area contributed by atoms with Crippen LogP contribution in [0.15, 0.2) is 36.5 Å². The van der Waals surface area contributed by atoms with Gasteiger partial charge in [0.1, 0.15) is 0 Å². The molecule has 2 aromatic rings. The number of hydrogen-bond acceptors (Lipinski definition) is 2. The van der Waals surface area contributed by atoms with Crippen LogP contribution in [0.3, 0.4) is 0 Å². The van der Waals surface area contributed by atoms with E-state index in [1.165, 1.54) is 0 Å². The first kappa shape index (κ1) is 10.9. The van der Waals surface area contributed by atoms with Gasteiger partial charge in [0, 0.05) is 11.8 Å². The number of rotatable bonds is 3. The molecule has 3 heteroatoms. The summed E-state index contributed by atoms with van der Waals surface area (Å²) in [6.45, 7) is 3.92. The summed E-state index contributed by atoms with van der Waals surface area (Å²) in [4.78, 5) is 0. The highest BCUT2D eigenvalue weighted by Gasteiger charge is 2.11. The largest absolute Gasteiger partial charge is 0.388 e. The molecule has 0 amide bonds. The minimum Gasteiger partial charge on any atom is -0.388 e. The normalized spacial score (nSPS) is 12.7. The van der Waals surface area contributed by atoms with Crippen LogP contribution in [0.1, 0.15) is 30.7 Å². The lowest BCUT2D eigenvalue weighted by atomic mass is 10.1. The fourth-order valence-electron chi connectivity index (χ4n) is 1.75. The Hall–Kier alpha value is -1.61.